The summed E-state index contributed by atoms with van der Waals surface area (Å²) >= 11 is 0. The van der Waals surface area contributed by atoms with Crippen molar-refractivity contribution in [2.75, 3.05) is 6.54 Å². The molecule has 2 unspecified atom stereocenters. The van der Waals surface area contributed by atoms with Gasteiger partial charge in [0.2, 0.25) is 0 Å². The van der Waals surface area contributed by atoms with Crippen LogP contribution >= 0.6 is 0 Å². The fraction of sp³-hybridized carbons (Fsp3) is 0.526. The van der Waals surface area contributed by atoms with Gasteiger partial charge in [-0.25, -0.2) is 0 Å². The molecular formula is C19H25NO2. The lowest BCUT2D eigenvalue weighted by atomic mass is 9.96. The molecule has 1 aromatic rings. The van der Waals surface area contributed by atoms with E-state index in [9.17, 15) is 4.79 Å². The van der Waals surface area contributed by atoms with Crippen LogP contribution in [0.5, 0.6) is 5.75 Å². The van der Waals surface area contributed by atoms with E-state index < -0.39 is 0 Å². The Labute approximate surface area is 132 Å². The highest BCUT2D eigenvalue weighted by Gasteiger charge is 2.30. The van der Waals surface area contributed by atoms with Crippen molar-refractivity contribution >= 4 is 5.91 Å². The number of nitrogens with one attached hydrogen (secondary N) is 1. The first-order valence-corrected chi connectivity index (χ1v) is 8.42. The van der Waals surface area contributed by atoms with Crippen LogP contribution < -0.4 is 10.1 Å². The van der Waals surface area contributed by atoms with Crippen LogP contribution in [0.15, 0.2) is 29.8 Å². The molecule has 1 N–H and O–H groups in total. The molecule has 0 saturated heterocycles. The van der Waals surface area contributed by atoms with Gasteiger partial charge in [0.1, 0.15) is 11.9 Å². The highest BCUT2D eigenvalue weighted by molar-refractivity contribution is 5.97. The number of carbonyl (C=O) groups excluding carboxylic acids is 1. The van der Waals surface area contributed by atoms with Gasteiger partial charge in [0.25, 0.3) is 5.91 Å². The van der Waals surface area contributed by atoms with Crippen molar-refractivity contribution in [1.29, 1.82) is 0 Å². The molecule has 1 aliphatic carbocycles. The van der Waals surface area contributed by atoms with Crippen LogP contribution in [0.2, 0.25) is 0 Å². The fourth-order valence-corrected chi connectivity index (χ4v) is 3.33. The second-order valence-corrected chi connectivity index (χ2v) is 6.45. The summed E-state index contributed by atoms with van der Waals surface area (Å²) in [5.74, 6) is 1.10. The maximum Gasteiger partial charge on any atom is 0.255 e. The molecule has 1 aromatic carbocycles. The van der Waals surface area contributed by atoms with Gasteiger partial charge in [0, 0.05) is 18.0 Å². The van der Waals surface area contributed by atoms with Gasteiger partial charge >= 0.3 is 0 Å². The molecule has 0 saturated carbocycles. The second-order valence-electron chi connectivity index (χ2n) is 6.45. The quantitative estimate of drug-likeness (QED) is 0.847. The number of amides is 1. The summed E-state index contributed by atoms with van der Waals surface area (Å²) in [5, 5.41) is 3.05. The lowest BCUT2D eigenvalue weighted by Crippen LogP contribution is -2.25. The minimum absolute atomic E-state index is 0.0189. The zero-order valence-electron chi connectivity index (χ0n) is 13.5. The van der Waals surface area contributed by atoms with Crippen LogP contribution in [0.1, 0.15) is 67.8 Å². The summed E-state index contributed by atoms with van der Waals surface area (Å²) < 4.78 is 5.90. The molecule has 0 fully saturated rings. The third kappa shape index (κ3) is 3.03. The van der Waals surface area contributed by atoms with Crippen molar-refractivity contribution in [2.24, 2.45) is 0 Å². The number of para-hydroxylation sites is 1. The minimum atomic E-state index is -0.0189. The molecule has 2 atom stereocenters. The molecule has 3 rings (SSSR count). The molecule has 0 radical (unpaired) electrons. The van der Waals surface area contributed by atoms with Gasteiger partial charge in [-0.2, -0.15) is 0 Å². The highest BCUT2D eigenvalue weighted by Crippen LogP contribution is 2.40. The highest BCUT2D eigenvalue weighted by atomic mass is 16.5. The average Bonchev–Trinajstić information content (AvgIpc) is 2.83. The summed E-state index contributed by atoms with van der Waals surface area (Å²) in [4.78, 5) is 12.4. The smallest absolute Gasteiger partial charge is 0.255 e. The van der Waals surface area contributed by atoms with Crippen LogP contribution in [0.25, 0.3) is 0 Å². The second kappa shape index (κ2) is 6.55. The predicted molar refractivity (Wildman–Crippen MR) is 88.4 cm³/mol. The van der Waals surface area contributed by atoms with Gasteiger partial charge in [0.15, 0.2) is 0 Å². The average molecular weight is 299 g/mol. The SMILES string of the molecule is CC1Oc2c(C(=O)NCCC3=CCCCC3)cccc2C1C. The molecule has 0 spiro atoms. The number of carbonyl (C=O) groups is 1. The molecule has 3 heteroatoms. The number of ether oxygens (including phenoxy) is 1. The molecule has 22 heavy (non-hydrogen) atoms. The first-order chi connectivity index (χ1) is 10.7. The Morgan fingerprint density at radius 2 is 2.18 bits per heavy atom. The Bertz CT molecular complexity index is 591. The van der Waals surface area contributed by atoms with E-state index in [1.54, 1.807) is 0 Å². The van der Waals surface area contributed by atoms with Crippen LogP contribution in [0.3, 0.4) is 0 Å². The first kappa shape index (κ1) is 15.1. The van der Waals surface area contributed by atoms with Crippen molar-refractivity contribution in [2.45, 2.75) is 58.0 Å². The lowest BCUT2D eigenvalue weighted by Gasteiger charge is -2.13. The van der Waals surface area contributed by atoms with Crippen LogP contribution in [0.4, 0.5) is 0 Å². The normalized spacial score (nSPS) is 23.5. The predicted octanol–water partition coefficient (Wildman–Crippen LogP) is 4.19. The Morgan fingerprint density at radius 1 is 1.32 bits per heavy atom. The number of hydrogen-bond acceptors (Lipinski definition) is 2. The Kier molecular flexibility index (Phi) is 4.51. The third-order valence-corrected chi connectivity index (χ3v) is 4.91. The monoisotopic (exact) mass is 299 g/mol. The molecule has 0 bridgehead atoms. The number of benzene rings is 1. The Morgan fingerprint density at radius 3 is 2.95 bits per heavy atom. The molecule has 1 heterocycles. The van der Waals surface area contributed by atoms with Gasteiger partial charge in [-0.3, -0.25) is 4.79 Å². The maximum atomic E-state index is 12.4. The number of hydrogen-bond donors (Lipinski definition) is 1. The van der Waals surface area contributed by atoms with Crippen molar-refractivity contribution < 1.29 is 9.53 Å². The van der Waals surface area contributed by atoms with Crippen molar-refractivity contribution in [3.63, 3.8) is 0 Å². The molecular weight excluding hydrogens is 274 g/mol. The molecule has 2 aliphatic rings. The van der Waals surface area contributed by atoms with E-state index in [1.807, 2.05) is 12.1 Å². The third-order valence-electron chi connectivity index (χ3n) is 4.91. The zero-order valence-corrected chi connectivity index (χ0v) is 13.5. The standard InChI is InChI=1S/C19H25NO2/c1-13-14(2)22-18-16(13)9-6-10-17(18)19(21)20-12-11-15-7-4-3-5-8-15/h6-7,9-10,13-14H,3-5,8,11-12H2,1-2H3,(H,20,21). The molecule has 0 aromatic heterocycles. The van der Waals surface area contributed by atoms with E-state index in [1.165, 1.54) is 31.3 Å². The fourth-order valence-electron chi connectivity index (χ4n) is 3.33. The topological polar surface area (TPSA) is 38.3 Å². The van der Waals surface area contributed by atoms with Crippen LogP contribution in [0, 0.1) is 0 Å². The largest absolute Gasteiger partial charge is 0.489 e. The minimum Gasteiger partial charge on any atom is -0.489 e. The molecule has 1 amide bonds. The number of fused-ring (bicyclic) bond motifs is 1. The van der Waals surface area contributed by atoms with E-state index in [0.717, 1.165) is 17.7 Å². The van der Waals surface area contributed by atoms with Gasteiger partial charge in [0.05, 0.1) is 5.56 Å². The summed E-state index contributed by atoms with van der Waals surface area (Å²) in [6, 6.07) is 5.88. The van der Waals surface area contributed by atoms with Crippen molar-refractivity contribution in [1.82, 2.24) is 5.32 Å². The van der Waals surface area contributed by atoms with E-state index in [-0.39, 0.29) is 12.0 Å². The van der Waals surface area contributed by atoms with Gasteiger partial charge in [-0.1, -0.05) is 30.7 Å². The van der Waals surface area contributed by atoms with E-state index in [4.69, 9.17) is 4.74 Å². The number of rotatable bonds is 4. The summed E-state index contributed by atoms with van der Waals surface area (Å²) in [6.45, 7) is 4.91. The Hall–Kier alpha value is -1.77. The summed E-state index contributed by atoms with van der Waals surface area (Å²) in [7, 11) is 0. The molecule has 3 nitrogen and oxygen atoms in total. The van der Waals surface area contributed by atoms with Crippen LogP contribution in [-0.4, -0.2) is 18.6 Å². The van der Waals surface area contributed by atoms with Gasteiger partial charge in [-0.05, 0) is 45.1 Å². The number of allylic oxidation sites excluding steroid dienone is 1. The molecule has 1 aliphatic heterocycles. The zero-order chi connectivity index (χ0) is 15.5. The van der Waals surface area contributed by atoms with E-state index in [0.29, 0.717) is 18.0 Å². The summed E-state index contributed by atoms with van der Waals surface area (Å²) in [6.07, 6.45) is 8.41. The maximum absolute atomic E-state index is 12.4. The van der Waals surface area contributed by atoms with E-state index >= 15 is 0 Å². The molecule has 118 valence electrons. The van der Waals surface area contributed by atoms with Crippen molar-refractivity contribution in [3.05, 3.63) is 41.0 Å². The van der Waals surface area contributed by atoms with Crippen molar-refractivity contribution in [3.8, 4) is 5.75 Å². The Balaban J connectivity index is 1.63. The van der Waals surface area contributed by atoms with E-state index in [2.05, 4.69) is 31.3 Å². The summed E-state index contributed by atoms with van der Waals surface area (Å²) in [5.41, 5.74) is 3.31. The van der Waals surface area contributed by atoms with Gasteiger partial charge in [-0.15, -0.1) is 0 Å². The van der Waals surface area contributed by atoms with Gasteiger partial charge < -0.3 is 10.1 Å². The first-order valence-electron chi connectivity index (χ1n) is 8.42. The van der Waals surface area contributed by atoms with Crippen LogP contribution in [-0.2, 0) is 0 Å². The lowest BCUT2D eigenvalue weighted by molar-refractivity contribution is 0.0949.